The van der Waals surface area contributed by atoms with E-state index in [1.165, 1.54) is 17.4 Å². The third-order valence-corrected chi connectivity index (χ3v) is 4.42. The Morgan fingerprint density at radius 1 is 1.08 bits per heavy atom. The van der Waals surface area contributed by atoms with E-state index in [0.29, 0.717) is 17.4 Å². The van der Waals surface area contributed by atoms with Crippen molar-refractivity contribution in [3.8, 4) is 5.75 Å². The zero-order valence-corrected chi connectivity index (χ0v) is 15.0. The number of carbonyl (C=O) groups is 2. The van der Waals surface area contributed by atoms with Gasteiger partial charge < -0.3 is 9.84 Å². The molecule has 0 spiro atoms. The van der Waals surface area contributed by atoms with Crippen molar-refractivity contribution in [1.29, 1.82) is 0 Å². The van der Waals surface area contributed by atoms with Gasteiger partial charge >= 0.3 is 5.97 Å². The zero-order valence-electron chi connectivity index (χ0n) is 15.0. The average Bonchev–Trinajstić information content (AvgIpc) is 2.62. The summed E-state index contributed by atoms with van der Waals surface area (Å²) in [5, 5.41) is 9.38. The molecule has 1 amide bonds. The van der Waals surface area contributed by atoms with Crippen molar-refractivity contribution >= 4 is 23.6 Å². The van der Waals surface area contributed by atoms with E-state index in [4.69, 9.17) is 4.74 Å². The average molecular weight is 351 g/mol. The second-order valence-electron chi connectivity index (χ2n) is 6.59. The SMILES string of the molecule is CC(C)c1ccc(/C=C2/Oc3ccccc3N(C(C)C(=O)O)C2=O)cc1. The molecule has 1 aliphatic rings. The summed E-state index contributed by atoms with van der Waals surface area (Å²) in [7, 11) is 0. The fourth-order valence-corrected chi connectivity index (χ4v) is 2.85. The lowest BCUT2D eigenvalue weighted by molar-refractivity contribution is -0.139. The fraction of sp³-hybridized carbons (Fsp3) is 0.238. The van der Waals surface area contributed by atoms with Crippen LogP contribution in [0.5, 0.6) is 5.75 Å². The molecule has 2 aromatic carbocycles. The number of carbonyl (C=O) groups excluding carboxylic acids is 1. The van der Waals surface area contributed by atoms with E-state index in [1.54, 1.807) is 30.3 Å². The lowest BCUT2D eigenvalue weighted by Crippen LogP contribution is -2.47. The van der Waals surface area contributed by atoms with E-state index >= 15 is 0 Å². The van der Waals surface area contributed by atoms with Gasteiger partial charge in [0.1, 0.15) is 6.04 Å². The van der Waals surface area contributed by atoms with E-state index in [9.17, 15) is 14.7 Å². The van der Waals surface area contributed by atoms with Gasteiger partial charge in [-0.3, -0.25) is 9.69 Å². The van der Waals surface area contributed by atoms with E-state index < -0.39 is 17.9 Å². The number of hydrogen-bond acceptors (Lipinski definition) is 3. The van der Waals surface area contributed by atoms with E-state index in [0.717, 1.165) is 5.56 Å². The van der Waals surface area contributed by atoms with Gasteiger partial charge in [-0.2, -0.15) is 0 Å². The van der Waals surface area contributed by atoms with Crippen molar-refractivity contribution in [3.63, 3.8) is 0 Å². The number of carboxylic acid groups (broad SMARTS) is 1. The predicted molar refractivity (Wildman–Crippen MR) is 100 cm³/mol. The van der Waals surface area contributed by atoms with Gasteiger partial charge in [0.05, 0.1) is 5.69 Å². The largest absolute Gasteiger partial charge is 0.480 e. The monoisotopic (exact) mass is 351 g/mol. The molecule has 0 aromatic heterocycles. The summed E-state index contributed by atoms with van der Waals surface area (Å²) in [6.07, 6.45) is 1.64. The van der Waals surface area contributed by atoms with Crippen molar-refractivity contribution in [3.05, 3.63) is 65.4 Å². The number of para-hydroxylation sites is 2. The first-order valence-corrected chi connectivity index (χ1v) is 8.53. The first kappa shape index (κ1) is 17.7. The minimum absolute atomic E-state index is 0.106. The highest BCUT2D eigenvalue weighted by Crippen LogP contribution is 2.36. The molecule has 1 atom stereocenters. The molecule has 0 bridgehead atoms. The normalized spacial score (nSPS) is 16.4. The Kier molecular flexibility index (Phi) is 4.80. The number of amides is 1. The predicted octanol–water partition coefficient (Wildman–Crippen LogP) is 4.05. The summed E-state index contributed by atoms with van der Waals surface area (Å²) in [6, 6.07) is 13.8. The lowest BCUT2D eigenvalue weighted by atomic mass is 10.0. The Morgan fingerprint density at radius 2 is 1.73 bits per heavy atom. The van der Waals surface area contributed by atoms with Gasteiger partial charge in [0.25, 0.3) is 5.91 Å². The number of anilines is 1. The number of rotatable bonds is 4. The molecular formula is C21H21NO4. The van der Waals surface area contributed by atoms with E-state index in [-0.39, 0.29) is 5.76 Å². The smallest absolute Gasteiger partial charge is 0.326 e. The fourth-order valence-electron chi connectivity index (χ4n) is 2.85. The number of carboxylic acids is 1. The van der Waals surface area contributed by atoms with Crippen LogP contribution >= 0.6 is 0 Å². The molecule has 0 aliphatic carbocycles. The summed E-state index contributed by atoms with van der Waals surface area (Å²) >= 11 is 0. The summed E-state index contributed by atoms with van der Waals surface area (Å²) in [5.41, 5.74) is 2.48. The number of nitrogens with zero attached hydrogens (tertiary/aromatic N) is 1. The number of hydrogen-bond donors (Lipinski definition) is 1. The molecule has 0 saturated heterocycles. The van der Waals surface area contributed by atoms with Crippen LogP contribution in [0.2, 0.25) is 0 Å². The topological polar surface area (TPSA) is 66.8 Å². The van der Waals surface area contributed by atoms with Gasteiger partial charge in [-0.25, -0.2) is 4.79 Å². The van der Waals surface area contributed by atoms with Crippen molar-refractivity contribution in [1.82, 2.24) is 0 Å². The lowest BCUT2D eigenvalue weighted by Gasteiger charge is -2.32. The second-order valence-corrected chi connectivity index (χ2v) is 6.59. The highest BCUT2D eigenvalue weighted by atomic mass is 16.5. The Morgan fingerprint density at radius 3 is 2.35 bits per heavy atom. The van der Waals surface area contributed by atoms with Crippen LogP contribution in [-0.2, 0) is 9.59 Å². The minimum Gasteiger partial charge on any atom is -0.480 e. The first-order chi connectivity index (χ1) is 12.4. The highest BCUT2D eigenvalue weighted by molar-refractivity contribution is 6.12. The maximum Gasteiger partial charge on any atom is 0.326 e. The third kappa shape index (κ3) is 3.33. The maximum absolute atomic E-state index is 12.9. The van der Waals surface area contributed by atoms with E-state index in [2.05, 4.69) is 13.8 Å². The summed E-state index contributed by atoms with van der Waals surface area (Å²) in [5.74, 6) is -0.551. The maximum atomic E-state index is 12.9. The molecule has 1 unspecified atom stereocenters. The van der Waals surface area contributed by atoms with E-state index in [1.807, 2.05) is 24.3 Å². The van der Waals surface area contributed by atoms with Gasteiger partial charge in [0, 0.05) is 0 Å². The molecule has 2 aromatic rings. The van der Waals surface area contributed by atoms with Crippen LogP contribution in [0.15, 0.2) is 54.3 Å². The van der Waals surface area contributed by atoms with Crippen molar-refractivity contribution < 1.29 is 19.4 Å². The molecule has 0 saturated carbocycles. The molecule has 1 heterocycles. The molecule has 5 heteroatoms. The number of benzene rings is 2. The Hall–Kier alpha value is -3.08. The van der Waals surface area contributed by atoms with Crippen LogP contribution in [0, 0.1) is 0 Å². The van der Waals surface area contributed by atoms with Crippen LogP contribution in [0.3, 0.4) is 0 Å². The molecule has 134 valence electrons. The molecule has 1 aliphatic heterocycles. The van der Waals surface area contributed by atoms with Gasteiger partial charge in [0.2, 0.25) is 0 Å². The molecule has 0 fully saturated rings. The second kappa shape index (κ2) is 7.04. The molecule has 26 heavy (non-hydrogen) atoms. The number of ether oxygens (including phenoxy) is 1. The van der Waals surface area contributed by atoms with Gasteiger partial charge in [-0.1, -0.05) is 50.2 Å². The van der Waals surface area contributed by atoms with Gasteiger partial charge in [0.15, 0.2) is 11.5 Å². The molecule has 0 radical (unpaired) electrons. The van der Waals surface area contributed by atoms with Gasteiger partial charge in [-0.05, 0) is 42.2 Å². The van der Waals surface area contributed by atoms with Crippen LogP contribution < -0.4 is 9.64 Å². The summed E-state index contributed by atoms with van der Waals surface area (Å²) < 4.78 is 5.76. The zero-order chi connectivity index (χ0) is 18.8. The van der Waals surface area contributed by atoms with Crippen molar-refractivity contribution in [2.24, 2.45) is 0 Å². The van der Waals surface area contributed by atoms with Crippen molar-refractivity contribution in [2.75, 3.05) is 4.90 Å². The number of aliphatic carboxylic acids is 1. The molecular weight excluding hydrogens is 330 g/mol. The standard InChI is InChI=1S/C21H21NO4/c1-13(2)16-10-8-15(9-11-16)12-19-20(23)22(14(3)21(24)25)17-6-4-5-7-18(17)26-19/h4-14H,1-3H3,(H,24,25)/b19-12+. The number of fused-ring (bicyclic) bond motifs is 1. The Labute approximate surface area is 152 Å². The van der Waals surface area contributed by atoms with Crippen molar-refractivity contribution in [2.45, 2.75) is 32.7 Å². The summed E-state index contributed by atoms with van der Waals surface area (Å²) in [6.45, 7) is 5.71. The third-order valence-electron chi connectivity index (χ3n) is 4.42. The Bertz CT molecular complexity index is 868. The molecule has 3 rings (SSSR count). The Balaban J connectivity index is 2.01. The molecule has 5 nitrogen and oxygen atoms in total. The van der Waals surface area contributed by atoms with Crippen LogP contribution in [0.25, 0.3) is 6.08 Å². The minimum atomic E-state index is -1.07. The first-order valence-electron chi connectivity index (χ1n) is 8.53. The highest BCUT2D eigenvalue weighted by Gasteiger charge is 2.36. The quantitative estimate of drug-likeness (QED) is 0.844. The molecule has 1 N–H and O–H groups in total. The van der Waals surface area contributed by atoms with Crippen LogP contribution in [0.1, 0.15) is 37.8 Å². The summed E-state index contributed by atoms with van der Waals surface area (Å²) in [4.78, 5) is 25.6. The van der Waals surface area contributed by atoms with Crippen LogP contribution in [-0.4, -0.2) is 23.0 Å². The van der Waals surface area contributed by atoms with Crippen LogP contribution in [0.4, 0.5) is 5.69 Å². The van der Waals surface area contributed by atoms with Gasteiger partial charge in [-0.15, -0.1) is 0 Å².